The minimum absolute atomic E-state index is 0.554. The fourth-order valence-corrected chi connectivity index (χ4v) is 3.52. The van der Waals surface area contributed by atoms with Gasteiger partial charge in [0.25, 0.3) is 0 Å². The Morgan fingerprint density at radius 3 is 2.05 bits per heavy atom. The molecule has 4 rings (SSSR count). The zero-order chi connectivity index (χ0) is 13.9. The summed E-state index contributed by atoms with van der Waals surface area (Å²) in [4.78, 5) is 0. The van der Waals surface area contributed by atoms with Gasteiger partial charge in [-0.05, 0) is 56.3 Å². The van der Waals surface area contributed by atoms with E-state index in [4.69, 9.17) is 0 Å². The van der Waals surface area contributed by atoms with E-state index in [0.717, 1.165) is 0 Å². The van der Waals surface area contributed by atoms with Crippen LogP contribution in [0.3, 0.4) is 0 Å². The Hall–Kier alpha value is -2.08. The molecule has 0 radical (unpaired) electrons. The van der Waals surface area contributed by atoms with Crippen LogP contribution in [0, 0.1) is 6.92 Å². The van der Waals surface area contributed by atoms with Gasteiger partial charge in [0.2, 0.25) is 0 Å². The molecular formula is C20H18. The fraction of sp³-hybridized carbons (Fsp3) is 0.200. The van der Waals surface area contributed by atoms with Gasteiger partial charge >= 0.3 is 0 Å². The Morgan fingerprint density at radius 2 is 1.40 bits per heavy atom. The van der Waals surface area contributed by atoms with Crippen LogP contribution in [0.2, 0.25) is 0 Å². The first-order valence-electron chi connectivity index (χ1n) is 7.34. The second-order valence-corrected chi connectivity index (χ2v) is 6.12. The summed E-state index contributed by atoms with van der Waals surface area (Å²) in [6.07, 6.45) is 0. The summed E-state index contributed by atoms with van der Waals surface area (Å²) in [6.45, 7) is 6.80. The highest BCUT2D eigenvalue weighted by Gasteiger charge is 2.13. The van der Waals surface area contributed by atoms with Crippen LogP contribution in [0.15, 0.2) is 48.5 Å². The first kappa shape index (κ1) is 11.7. The average Bonchev–Trinajstić information content (AvgIpc) is 2.46. The minimum atomic E-state index is 0.554. The summed E-state index contributed by atoms with van der Waals surface area (Å²) < 4.78 is 0. The van der Waals surface area contributed by atoms with Gasteiger partial charge in [0.05, 0.1) is 0 Å². The standard InChI is InChI=1S/C20H18/c1-12(2)18-11-13(3)16-9-7-14-5-4-6-15-8-10-17(18)20(16)19(14)15/h4-12H,1-3H3. The van der Waals surface area contributed by atoms with Gasteiger partial charge < -0.3 is 0 Å². The fourth-order valence-electron chi connectivity index (χ4n) is 3.52. The lowest BCUT2D eigenvalue weighted by atomic mass is 9.87. The summed E-state index contributed by atoms with van der Waals surface area (Å²) >= 11 is 0. The third kappa shape index (κ3) is 1.42. The van der Waals surface area contributed by atoms with E-state index in [2.05, 4.69) is 69.3 Å². The molecule has 0 aliphatic carbocycles. The second-order valence-electron chi connectivity index (χ2n) is 6.12. The molecule has 20 heavy (non-hydrogen) atoms. The normalized spacial score (nSPS) is 12.2. The number of aryl methyl sites for hydroxylation is 1. The molecule has 4 aromatic carbocycles. The third-order valence-corrected chi connectivity index (χ3v) is 4.51. The maximum atomic E-state index is 2.37. The molecule has 0 saturated carbocycles. The number of benzene rings is 4. The lowest BCUT2D eigenvalue weighted by Gasteiger charge is -2.17. The van der Waals surface area contributed by atoms with Crippen molar-refractivity contribution in [3.63, 3.8) is 0 Å². The molecule has 0 heterocycles. The predicted molar refractivity (Wildman–Crippen MR) is 89.0 cm³/mol. The molecule has 0 unspecified atom stereocenters. The second kappa shape index (κ2) is 3.96. The molecular weight excluding hydrogens is 240 g/mol. The molecule has 0 fully saturated rings. The predicted octanol–water partition coefficient (Wildman–Crippen LogP) is 6.02. The first-order chi connectivity index (χ1) is 9.66. The van der Waals surface area contributed by atoms with Crippen molar-refractivity contribution in [2.75, 3.05) is 0 Å². The van der Waals surface area contributed by atoms with Gasteiger partial charge in [-0.2, -0.15) is 0 Å². The third-order valence-electron chi connectivity index (χ3n) is 4.51. The van der Waals surface area contributed by atoms with Crippen LogP contribution in [0.5, 0.6) is 0 Å². The van der Waals surface area contributed by atoms with Gasteiger partial charge in [-0.1, -0.05) is 62.4 Å². The molecule has 4 aromatic rings. The van der Waals surface area contributed by atoms with Gasteiger partial charge in [-0.25, -0.2) is 0 Å². The summed E-state index contributed by atoms with van der Waals surface area (Å²) in [7, 11) is 0. The Kier molecular flexibility index (Phi) is 2.32. The molecule has 0 aliphatic rings. The Balaban J connectivity index is 2.37. The molecule has 0 spiro atoms. The van der Waals surface area contributed by atoms with Crippen molar-refractivity contribution in [3.05, 3.63) is 59.7 Å². The molecule has 0 amide bonds. The monoisotopic (exact) mass is 258 g/mol. The van der Waals surface area contributed by atoms with E-state index in [0.29, 0.717) is 5.92 Å². The van der Waals surface area contributed by atoms with Gasteiger partial charge in [-0.3, -0.25) is 0 Å². The molecule has 0 heteroatoms. The van der Waals surface area contributed by atoms with E-state index in [1.54, 1.807) is 0 Å². The summed E-state index contributed by atoms with van der Waals surface area (Å²) in [6, 6.07) is 18.1. The molecule has 0 aliphatic heterocycles. The number of hydrogen-bond donors (Lipinski definition) is 0. The van der Waals surface area contributed by atoms with Crippen LogP contribution in [-0.4, -0.2) is 0 Å². The van der Waals surface area contributed by atoms with Crippen molar-refractivity contribution < 1.29 is 0 Å². The largest absolute Gasteiger partial charge is 0.0610 e. The van der Waals surface area contributed by atoms with Crippen LogP contribution in [0.25, 0.3) is 32.3 Å². The van der Waals surface area contributed by atoms with Crippen LogP contribution in [0.1, 0.15) is 30.9 Å². The van der Waals surface area contributed by atoms with Crippen molar-refractivity contribution in [2.45, 2.75) is 26.7 Å². The van der Waals surface area contributed by atoms with Crippen molar-refractivity contribution in [1.82, 2.24) is 0 Å². The number of rotatable bonds is 1. The van der Waals surface area contributed by atoms with E-state index < -0.39 is 0 Å². The molecule has 0 nitrogen and oxygen atoms in total. The van der Waals surface area contributed by atoms with Crippen molar-refractivity contribution in [1.29, 1.82) is 0 Å². The minimum Gasteiger partial charge on any atom is -0.0610 e. The lowest BCUT2D eigenvalue weighted by Crippen LogP contribution is -1.94. The molecule has 0 saturated heterocycles. The van der Waals surface area contributed by atoms with E-state index >= 15 is 0 Å². The van der Waals surface area contributed by atoms with E-state index in [1.165, 1.54) is 43.4 Å². The SMILES string of the molecule is Cc1cc(C(C)C)c2ccc3cccc4ccc1c2c43. The van der Waals surface area contributed by atoms with Gasteiger partial charge in [0, 0.05) is 0 Å². The summed E-state index contributed by atoms with van der Waals surface area (Å²) in [5.41, 5.74) is 2.85. The van der Waals surface area contributed by atoms with Gasteiger partial charge in [0.15, 0.2) is 0 Å². The zero-order valence-corrected chi connectivity index (χ0v) is 12.2. The lowest BCUT2D eigenvalue weighted by molar-refractivity contribution is 0.875. The van der Waals surface area contributed by atoms with Crippen LogP contribution < -0.4 is 0 Å². The highest BCUT2D eigenvalue weighted by atomic mass is 14.2. The Morgan fingerprint density at radius 1 is 0.750 bits per heavy atom. The maximum Gasteiger partial charge on any atom is -0.00213 e. The van der Waals surface area contributed by atoms with E-state index in [9.17, 15) is 0 Å². The topological polar surface area (TPSA) is 0 Å². The quantitative estimate of drug-likeness (QED) is 0.366. The van der Waals surface area contributed by atoms with Gasteiger partial charge in [-0.15, -0.1) is 0 Å². The molecule has 98 valence electrons. The van der Waals surface area contributed by atoms with Crippen molar-refractivity contribution >= 4 is 32.3 Å². The molecule has 0 aromatic heterocycles. The maximum absolute atomic E-state index is 2.37. The zero-order valence-electron chi connectivity index (χ0n) is 12.2. The van der Waals surface area contributed by atoms with Gasteiger partial charge in [0.1, 0.15) is 0 Å². The van der Waals surface area contributed by atoms with Crippen LogP contribution >= 0.6 is 0 Å². The van der Waals surface area contributed by atoms with E-state index in [1.807, 2.05) is 0 Å². The average molecular weight is 258 g/mol. The Bertz CT molecular complexity index is 913. The van der Waals surface area contributed by atoms with Crippen LogP contribution in [-0.2, 0) is 0 Å². The highest BCUT2D eigenvalue weighted by Crippen LogP contribution is 2.39. The number of hydrogen-bond acceptors (Lipinski definition) is 0. The molecule has 0 N–H and O–H groups in total. The van der Waals surface area contributed by atoms with Crippen molar-refractivity contribution in [2.24, 2.45) is 0 Å². The van der Waals surface area contributed by atoms with Crippen LogP contribution in [0.4, 0.5) is 0 Å². The smallest absolute Gasteiger partial charge is 0.00213 e. The summed E-state index contributed by atoms with van der Waals surface area (Å²) in [5, 5.41) is 8.39. The highest BCUT2D eigenvalue weighted by molar-refractivity contribution is 6.24. The first-order valence-corrected chi connectivity index (χ1v) is 7.34. The van der Waals surface area contributed by atoms with Crippen molar-refractivity contribution in [3.8, 4) is 0 Å². The van der Waals surface area contributed by atoms with E-state index in [-0.39, 0.29) is 0 Å². The molecule has 0 atom stereocenters. The Labute approximate surface area is 119 Å². The summed E-state index contributed by atoms with van der Waals surface area (Å²) in [5.74, 6) is 0.554. The molecule has 0 bridgehead atoms.